The van der Waals surface area contributed by atoms with Gasteiger partial charge in [0, 0.05) is 12.6 Å². The van der Waals surface area contributed by atoms with Crippen molar-refractivity contribution in [2.45, 2.75) is 11.6 Å². The van der Waals surface area contributed by atoms with Gasteiger partial charge in [-0.2, -0.15) is 0 Å². The molecular formula is C26H28N4O6S. The molecule has 0 bridgehead atoms. The number of carbonyl (C=O) groups excluding carboxylic acids is 1. The molecule has 0 aliphatic carbocycles. The number of thioether (sulfide) groups is 1. The summed E-state index contributed by atoms with van der Waals surface area (Å²) in [7, 11) is 6.37. The topological polar surface area (TPSA) is 110 Å². The number of hydrogen-bond acceptors (Lipinski definition) is 9. The lowest BCUT2D eigenvalue weighted by atomic mass is 10.1. The third-order valence-corrected chi connectivity index (χ3v) is 6.45. The fourth-order valence-corrected chi connectivity index (χ4v) is 4.46. The Kier molecular flexibility index (Phi) is 8.57. The van der Waals surface area contributed by atoms with Gasteiger partial charge in [-0.1, -0.05) is 17.8 Å². The van der Waals surface area contributed by atoms with Gasteiger partial charge in [-0.05, 0) is 48.4 Å². The number of nitrogens with zero attached hydrogens (tertiary/aromatic N) is 3. The van der Waals surface area contributed by atoms with Gasteiger partial charge in [0.1, 0.15) is 11.5 Å². The van der Waals surface area contributed by atoms with E-state index in [-0.39, 0.29) is 11.7 Å². The maximum Gasteiger partial charge on any atom is 0.230 e. The van der Waals surface area contributed by atoms with Crippen LogP contribution in [0.3, 0.4) is 0 Å². The van der Waals surface area contributed by atoms with E-state index in [9.17, 15) is 4.79 Å². The first kappa shape index (κ1) is 26.0. The molecule has 0 saturated carbocycles. The summed E-state index contributed by atoms with van der Waals surface area (Å²) in [6.45, 7) is 0.475. The second-order valence-corrected chi connectivity index (χ2v) is 8.68. The van der Waals surface area contributed by atoms with Gasteiger partial charge in [0.25, 0.3) is 0 Å². The van der Waals surface area contributed by atoms with Crippen LogP contribution in [0.2, 0.25) is 0 Å². The highest BCUT2D eigenvalue weighted by molar-refractivity contribution is 7.99. The van der Waals surface area contributed by atoms with Gasteiger partial charge in [0.2, 0.25) is 11.7 Å². The molecule has 2 aromatic heterocycles. The molecule has 1 amide bonds. The van der Waals surface area contributed by atoms with Crippen LogP contribution >= 0.6 is 11.8 Å². The number of rotatable bonds is 12. The van der Waals surface area contributed by atoms with Crippen molar-refractivity contribution >= 4 is 17.7 Å². The Morgan fingerprint density at radius 3 is 2.43 bits per heavy atom. The van der Waals surface area contributed by atoms with Crippen LogP contribution in [0.1, 0.15) is 5.56 Å². The van der Waals surface area contributed by atoms with Crippen LogP contribution in [0, 0.1) is 0 Å². The molecule has 0 aliphatic heterocycles. The number of nitrogens with one attached hydrogen (secondary N) is 1. The summed E-state index contributed by atoms with van der Waals surface area (Å²) >= 11 is 1.26. The van der Waals surface area contributed by atoms with E-state index in [2.05, 4.69) is 15.5 Å². The van der Waals surface area contributed by atoms with E-state index in [4.69, 9.17) is 23.4 Å². The van der Waals surface area contributed by atoms with E-state index in [0.717, 1.165) is 5.56 Å². The molecule has 0 spiro atoms. The molecule has 2 aromatic carbocycles. The van der Waals surface area contributed by atoms with E-state index in [1.807, 2.05) is 24.3 Å². The number of hydrogen-bond donors (Lipinski definition) is 1. The zero-order chi connectivity index (χ0) is 26.2. The number of methoxy groups -OCH3 is 4. The van der Waals surface area contributed by atoms with Crippen LogP contribution < -0.4 is 24.3 Å². The minimum atomic E-state index is -0.128. The Morgan fingerprint density at radius 1 is 0.946 bits per heavy atom. The van der Waals surface area contributed by atoms with Crippen LogP contribution in [-0.2, 0) is 11.2 Å². The summed E-state index contributed by atoms with van der Waals surface area (Å²) < 4.78 is 29.0. The van der Waals surface area contributed by atoms with Gasteiger partial charge in [-0.25, -0.2) is 0 Å². The first-order valence-electron chi connectivity index (χ1n) is 11.4. The van der Waals surface area contributed by atoms with Gasteiger partial charge in [-0.3, -0.25) is 9.36 Å². The van der Waals surface area contributed by atoms with Crippen LogP contribution in [0.15, 0.2) is 64.4 Å². The van der Waals surface area contributed by atoms with Crippen molar-refractivity contribution in [3.05, 3.63) is 60.4 Å². The summed E-state index contributed by atoms with van der Waals surface area (Å²) in [4.78, 5) is 12.6. The van der Waals surface area contributed by atoms with Crippen molar-refractivity contribution in [1.29, 1.82) is 0 Å². The average molecular weight is 525 g/mol. The summed E-state index contributed by atoms with van der Waals surface area (Å²) in [5.74, 6) is 3.58. The Bertz CT molecular complexity index is 1340. The lowest BCUT2D eigenvalue weighted by Crippen LogP contribution is -2.27. The number of carbonyl (C=O) groups is 1. The van der Waals surface area contributed by atoms with Crippen molar-refractivity contribution in [1.82, 2.24) is 20.1 Å². The van der Waals surface area contributed by atoms with E-state index in [1.165, 1.54) is 11.8 Å². The molecule has 0 saturated heterocycles. The Labute approximate surface area is 218 Å². The third-order valence-electron chi connectivity index (χ3n) is 5.52. The zero-order valence-corrected chi connectivity index (χ0v) is 21.8. The van der Waals surface area contributed by atoms with E-state index in [0.29, 0.717) is 58.4 Å². The highest BCUT2D eigenvalue weighted by atomic mass is 32.2. The standard InChI is InChI=1S/C26H28N4O6S/c1-32-18-8-10-20(33-2)19(15-18)30-25(22-6-5-13-36-22)28-29-26(30)37-16-24(31)27-12-11-17-7-9-21(34-3)23(14-17)35-4/h5-10,13-15H,11-12,16H2,1-4H3,(H,27,31). The zero-order valence-electron chi connectivity index (χ0n) is 21.0. The molecule has 194 valence electrons. The highest BCUT2D eigenvalue weighted by Crippen LogP contribution is 2.35. The van der Waals surface area contributed by atoms with Crippen LogP contribution in [0.4, 0.5) is 0 Å². The average Bonchev–Trinajstić information content (AvgIpc) is 3.61. The Morgan fingerprint density at radius 2 is 1.73 bits per heavy atom. The lowest BCUT2D eigenvalue weighted by Gasteiger charge is -2.14. The summed E-state index contributed by atoms with van der Waals surface area (Å²) in [6.07, 6.45) is 2.21. The van der Waals surface area contributed by atoms with Crippen LogP contribution in [-0.4, -0.2) is 61.4 Å². The van der Waals surface area contributed by atoms with E-state index >= 15 is 0 Å². The van der Waals surface area contributed by atoms with Crippen LogP contribution in [0.25, 0.3) is 17.3 Å². The SMILES string of the molecule is COc1ccc(OC)c(-n2c(SCC(=O)NCCc3ccc(OC)c(OC)c3)nnc2-c2ccco2)c1. The molecule has 0 aliphatic rings. The van der Waals surface area contributed by atoms with Crippen molar-refractivity contribution in [3.8, 4) is 40.3 Å². The number of benzene rings is 2. The van der Waals surface area contributed by atoms with Crippen molar-refractivity contribution < 1.29 is 28.2 Å². The second-order valence-electron chi connectivity index (χ2n) is 7.73. The van der Waals surface area contributed by atoms with Crippen molar-refractivity contribution in [3.63, 3.8) is 0 Å². The lowest BCUT2D eigenvalue weighted by molar-refractivity contribution is -0.118. The second kappa shape index (κ2) is 12.2. The first-order valence-corrected chi connectivity index (χ1v) is 12.4. The fourth-order valence-electron chi connectivity index (χ4n) is 3.68. The third kappa shape index (κ3) is 6.00. The van der Waals surface area contributed by atoms with E-state index < -0.39 is 0 Å². The maximum absolute atomic E-state index is 12.6. The molecule has 1 N–H and O–H groups in total. The maximum atomic E-state index is 12.6. The normalized spacial score (nSPS) is 10.7. The molecule has 0 unspecified atom stereocenters. The fraction of sp³-hybridized carbons (Fsp3) is 0.269. The summed E-state index contributed by atoms with van der Waals surface area (Å²) in [5.41, 5.74) is 1.69. The molecule has 11 heteroatoms. The highest BCUT2D eigenvalue weighted by Gasteiger charge is 2.22. The van der Waals surface area contributed by atoms with Gasteiger partial charge >= 0.3 is 0 Å². The molecule has 0 atom stereocenters. The molecule has 10 nitrogen and oxygen atoms in total. The van der Waals surface area contributed by atoms with Crippen LogP contribution in [0.5, 0.6) is 23.0 Å². The largest absolute Gasteiger partial charge is 0.497 e. The van der Waals surface area contributed by atoms with Gasteiger partial charge in [0.05, 0.1) is 46.1 Å². The molecule has 4 aromatic rings. The minimum Gasteiger partial charge on any atom is -0.497 e. The number of amides is 1. The Hall–Kier alpha value is -4.12. The summed E-state index contributed by atoms with van der Waals surface area (Å²) in [6, 6.07) is 14.7. The van der Waals surface area contributed by atoms with Gasteiger partial charge in [-0.15, -0.1) is 10.2 Å². The summed E-state index contributed by atoms with van der Waals surface area (Å²) in [5, 5.41) is 12.1. The molecule has 0 fully saturated rings. The monoisotopic (exact) mass is 524 g/mol. The van der Waals surface area contributed by atoms with E-state index in [1.54, 1.807) is 63.5 Å². The number of furan rings is 1. The minimum absolute atomic E-state index is 0.128. The van der Waals surface area contributed by atoms with Crippen molar-refractivity contribution in [2.75, 3.05) is 40.7 Å². The smallest absolute Gasteiger partial charge is 0.230 e. The molecule has 2 heterocycles. The number of aromatic nitrogens is 3. The molecule has 4 rings (SSSR count). The Balaban J connectivity index is 1.47. The predicted molar refractivity (Wildman–Crippen MR) is 139 cm³/mol. The van der Waals surface area contributed by atoms with Crippen molar-refractivity contribution in [2.24, 2.45) is 0 Å². The first-order chi connectivity index (χ1) is 18.1. The quantitative estimate of drug-likeness (QED) is 0.275. The van der Waals surface area contributed by atoms with Gasteiger partial charge in [0.15, 0.2) is 22.4 Å². The van der Waals surface area contributed by atoms with Gasteiger partial charge < -0.3 is 28.7 Å². The molecular weight excluding hydrogens is 496 g/mol. The number of ether oxygens (including phenoxy) is 4. The predicted octanol–water partition coefficient (Wildman–Crippen LogP) is 4.01. The molecule has 37 heavy (non-hydrogen) atoms. The molecule has 0 radical (unpaired) electrons.